The van der Waals surface area contributed by atoms with Gasteiger partial charge in [0.1, 0.15) is 0 Å². The van der Waals surface area contributed by atoms with Crippen LogP contribution < -0.4 is 5.32 Å². The minimum absolute atomic E-state index is 0.231. The summed E-state index contributed by atoms with van der Waals surface area (Å²) in [7, 11) is 0. The van der Waals surface area contributed by atoms with Crippen molar-refractivity contribution >= 4 is 5.69 Å². The lowest BCUT2D eigenvalue weighted by Crippen LogP contribution is -2.47. The molecule has 2 saturated heterocycles. The van der Waals surface area contributed by atoms with Gasteiger partial charge >= 0.3 is 0 Å². The molecular weight excluding hydrogens is 294 g/mol. The minimum Gasteiger partial charge on any atom is -0.381 e. The third-order valence-electron chi connectivity index (χ3n) is 5.03. The normalized spacial score (nSPS) is 22.0. The van der Waals surface area contributed by atoms with Gasteiger partial charge in [0.2, 0.25) is 0 Å². The predicted octanol–water partition coefficient (Wildman–Crippen LogP) is 2.28. The second-order valence-electron chi connectivity index (χ2n) is 6.48. The smallest absolute Gasteiger partial charge is 0.272 e. The van der Waals surface area contributed by atoms with E-state index in [1.807, 2.05) is 6.07 Å². The molecule has 0 radical (unpaired) electrons. The van der Waals surface area contributed by atoms with Crippen LogP contribution in [0.5, 0.6) is 0 Å². The number of hydrogen-bond acceptors (Lipinski definition) is 5. The number of ether oxygens (including phenoxy) is 1. The SMILES string of the molecule is Cc1ccc([C@H](C2CCOCC2)N2CCNCC2)cc1[N+](=O)[O-]. The van der Waals surface area contributed by atoms with E-state index in [4.69, 9.17) is 4.74 Å². The van der Waals surface area contributed by atoms with Crippen LogP contribution in [0, 0.1) is 23.0 Å². The second kappa shape index (κ2) is 7.38. The fourth-order valence-electron chi connectivity index (χ4n) is 3.78. The fraction of sp³-hybridized carbons (Fsp3) is 0.647. The molecular formula is C17H25N3O3. The summed E-state index contributed by atoms with van der Waals surface area (Å²) in [5, 5.41) is 14.7. The molecule has 2 aliphatic heterocycles. The third-order valence-corrected chi connectivity index (χ3v) is 5.03. The van der Waals surface area contributed by atoms with Gasteiger partial charge in [-0.05, 0) is 31.2 Å². The monoisotopic (exact) mass is 319 g/mol. The maximum atomic E-state index is 11.3. The number of nitrogens with one attached hydrogen (secondary N) is 1. The Labute approximate surface area is 137 Å². The number of benzene rings is 1. The Morgan fingerprint density at radius 3 is 2.65 bits per heavy atom. The van der Waals surface area contributed by atoms with E-state index >= 15 is 0 Å². The average Bonchev–Trinajstić information content (AvgIpc) is 2.58. The fourth-order valence-corrected chi connectivity index (χ4v) is 3.78. The van der Waals surface area contributed by atoms with Gasteiger partial charge < -0.3 is 10.1 Å². The first-order valence-electron chi connectivity index (χ1n) is 8.44. The molecule has 1 aromatic rings. The number of rotatable bonds is 4. The molecule has 2 fully saturated rings. The highest BCUT2D eigenvalue weighted by Crippen LogP contribution is 2.37. The molecule has 0 spiro atoms. The van der Waals surface area contributed by atoms with Crippen LogP contribution >= 0.6 is 0 Å². The predicted molar refractivity (Wildman–Crippen MR) is 88.6 cm³/mol. The highest BCUT2D eigenvalue weighted by molar-refractivity contribution is 5.43. The van der Waals surface area contributed by atoms with Gasteiger partial charge in [0, 0.05) is 57.1 Å². The van der Waals surface area contributed by atoms with Crippen LogP contribution in [0.25, 0.3) is 0 Å². The van der Waals surface area contributed by atoms with Crippen molar-refractivity contribution in [2.45, 2.75) is 25.8 Å². The zero-order chi connectivity index (χ0) is 16.2. The number of piperazine rings is 1. The van der Waals surface area contributed by atoms with Gasteiger partial charge in [-0.2, -0.15) is 0 Å². The zero-order valence-electron chi connectivity index (χ0n) is 13.7. The first kappa shape index (κ1) is 16.4. The largest absolute Gasteiger partial charge is 0.381 e. The van der Waals surface area contributed by atoms with Crippen LogP contribution in [0.3, 0.4) is 0 Å². The van der Waals surface area contributed by atoms with E-state index < -0.39 is 0 Å². The molecule has 2 heterocycles. The quantitative estimate of drug-likeness (QED) is 0.681. The summed E-state index contributed by atoms with van der Waals surface area (Å²) in [6, 6.07) is 6.00. The van der Waals surface area contributed by atoms with Crippen molar-refractivity contribution in [2.75, 3.05) is 39.4 Å². The lowest BCUT2D eigenvalue weighted by molar-refractivity contribution is -0.385. The molecule has 0 amide bonds. The number of nitrogens with zero attached hydrogens (tertiary/aromatic N) is 2. The Morgan fingerprint density at radius 1 is 1.30 bits per heavy atom. The molecule has 6 heteroatoms. The maximum absolute atomic E-state index is 11.3. The Morgan fingerprint density at radius 2 is 2.00 bits per heavy atom. The molecule has 0 aliphatic carbocycles. The van der Waals surface area contributed by atoms with Crippen LogP contribution in [-0.2, 0) is 4.74 Å². The number of nitro groups is 1. The molecule has 0 aromatic heterocycles. The molecule has 0 bridgehead atoms. The summed E-state index contributed by atoms with van der Waals surface area (Å²) in [5.41, 5.74) is 2.04. The van der Waals surface area contributed by atoms with Crippen LogP contribution in [0.15, 0.2) is 18.2 Å². The summed E-state index contributed by atoms with van der Waals surface area (Å²) < 4.78 is 5.52. The van der Waals surface area contributed by atoms with Crippen LogP contribution in [-0.4, -0.2) is 49.2 Å². The molecule has 1 N–H and O–H groups in total. The highest BCUT2D eigenvalue weighted by Gasteiger charge is 2.32. The van der Waals surface area contributed by atoms with E-state index in [9.17, 15) is 10.1 Å². The molecule has 1 aromatic carbocycles. The van der Waals surface area contributed by atoms with Crippen LogP contribution in [0.4, 0.5) is 5.69 Å². The first-order valence-corrected chi connectivity index (χ1v) is 8.44. The van der Waals surface area contributed by atoms with Crippen molar-refractivity contribution in [1.82, 2.24) is 10.2 Å². The van der Waals surface area contributed by atoms with E-state index in [0.29, 0.717) is 5.92 Å². The zero-order valence-corrected chi connectivity index (χ0v) is 13.7. The second-order valence-corrected chi connectivity index (χ2v) is 6.48. The Bertz CT molecular complexity index is 534. The topological polar surface area (TPSA) is 67.6 Å². The molecule has 1 atom stereocenters. The molecule has 126 valence electrons. The van der Waals surface area contributed by atoms with E-state index in [0.717, 1.165) is 63.4 Å². The van der Waals surface area contributed by atoms with Crippen LogP contribution in [0.1, 0.15) is 30.0 Å². The lowest BCUT2D eigenvalue weighted by atomic mass is 9.85. The minimum atomic E-state index is -0.266. The van der Waals surface area contributed by atoms with Crippen molar-refractivity contribution in [3.05, 3.63) is 39.4 Å². The summed E-state index contributed by atoms with van der Waals surface area (Å²) >= 11 is 0. The van der Waals surface area contributed by atoms with Gasteiger partial charge in [-0.25, -0.2) is 0 Å². The summed E-state index contributed by atoms with van der Waals surface area (Å²) in [5.74, 6) is 0.504. The van der Waals surface area contributed by atoms with Crippen molar-refractivity contribution in [3.8, 4) is 0 Å². The molecule has 6 nitrogen and oxygen atoms in total. The van der Waals surface area contributed by atoms with Gasteiger partial charge in [-0.15, -0.1) is 0 Å². The molecule has 2 aliphatic rings. The van der Waals surface area contributed by atoms with E-state index in [-0.39, 0.29) is 16.7 Å². The molecule has 3 rings (SSSR count). The van der Waals surface area contributed by atoms with E-state index in [1.54, 1.807) is 13.0 Å². The van der Waals surface area contributed by atoms with Crippen molar-refractivity contribution in [1.29, 1.82) is 0 Å². The van der Waals surface area contributed by atoms with Gasteiger partial charge in [0.25, 0.3) is 5.69 Å². The van der Waals surface area contributed by atoms with Crippen molar-refractivity contribution < 1.29 is 9.66 Å². The molecule has 23 heavy (non-hydrogen) atoms. The summed E-state index contributed by atoms with van der Waals surface area (Å²) in [4.78, 5) is 13.5. The lowest BCUT2D eigenvalue weighted by Gasteiger charge is -2.41. The third kappa shape index (κ3) is 3.71. The van der Waals surface area contributed by atoms with Crippen LogP contribution in [0.2, 0.25) is 0 Å². The highest BCUT2D eigenvalue weighted by atomic mass is 16.6. The van der Waals surface area contributed by atoms with Gasteiger partial charge in [-0.1, -0.05) is 12.1 Å². The number of aryl methyl sites for hydroxylation is 1. The molecule has 0 unspecified atom stereocenters. The Balaban J connectivity index is 1.93. The summed E-state index contributed by atoms with van der Waals surface area (Å²) in [6.45, 7) is 7.33. The van der Waals surface area contributed by atoms with Crippen molar-refractivity contribution in [3.63, 3.8) is 0 Å². The standard InChI is InChI=1S/C17H25N3O3/c1-13-2-3-15(12-16(13)20(21)22)17(14-4-10-23-11-5-14)19-8-6-18-7-9-19/h2-3,12,14,17-18H,4-11H2,1H3/t17-/m0/s1. The summed E-state index contributed by atoms with van der Waals surface area (Å²) in [6.07, 6.45) is 2.05. The van der Waals surface area contributed by atoms with Gasteiger partial charge in [-0.3, -0.25) is 15.0 Å². The molecule has 0 saturated carbocycles. The van der Waals surface area contributed by atoms with E-state index in [2.05, 4.69) is 16.3 Å². The van der Waals surface area contributed by atoms with E-state index in [1.165, 1.54) is 0 Å². The Hall–Kier alpha value is -1.50. The van der Waals surface area contributed by atoms with Crippen molar-refractivity contribution in [2.24, 2.45) is 5.92 Å². The van der Waals surface area contributed by atoms with Gasteiger partial charge in [0.05, 0.1) is 4.92 Å². The Kier molecular flexibility index (Phi) is 5.25. The number of nitro benzene ring substituents is 1. The average molecular weight is 319 g/mol. The maximum Gasteiger partial charge on any atom is 0.272 e. The van der Waals surface area contributed by atoms with Gasteiger partial charge in [0.15, 0.2) is 0 Å². The first-order chi connectivity index (χ1) is 11.2. The number of hydrogen-bond donors (Lipinski definition) is 1.